The maximum absolute atomic E-state index is 13.5. The summed E-state index contributed by atoms with van der Waals surface area (Å²) >= 11 is 0. The maximum Gasteiger partial charge on any atom is 0.435 e. The fraction of sp³-hybridized carbons (Fsp3) is 0.414. The average molecular weight is 669 g/mol. The van der Waals surface area contributed by atoms with E-state index in [1.54, 1.807) is 52.0 Å². The molecule has 0 aliphatic heterocycles. The Bertz CT molecular complexity index is 1670. The van der Waals surface area contributed by atoms with Crippen LogP contribution in [0.15, 0.2) is 64.8 Å². The molecule has 0 aliphatic rings. The minimum absolute atomic E-state index is 0.0870. The van der Waals surface area contributed by atoms with Gasteiger partial charge in [-0.1, -0.05) is 57.5 Å². The maximum atomic E-state index is 13.5. The lowest BCUT2D eigenvalue weighted by Gasteiger charge is -2.26. The van der Waals surface area contributed by atoms with Crippen molar-refractivity contribution in [3.05, 3.63) is 71.1 Å². The van der Waals surface area contributed by atoms with Crippen molar-refractivity contribution in [2.75, 3.05) is 7.05 Å². The first-order chi connectivity index (χ1) is 21.3. The Morgan fingerprint density at radius 3 is 2.15 bits per heavy atom. The summed E-state index contributed by atoms with van der Waals surface area (Å²) in [5, 5.41) is 20.3. The van der Waals surface area contributed by atoms with Gasteiger partial charge < -0.3 is 9.94 Å². The first-order valence-corrected chi connectivity index (χ1v) is 15.5. The predicted molar refractivity (Wildman–Crippen MR) is 158 cm³/mol. The molecule has 0 saturated carbocycles. The molecule has 2 aromatic carbocycles. The van der Waals surface area contributed by atoms with Gasteiger partial charge in [-0.25, -0.2) is 17.8 Å². The van der Waals surface area contributed by atoms with Crippen molar-refractivity contribution in [3.8, 4) is 16.9 Å². The zero-order chi connectivity index (χ0) is 34.6. The van der Waals surface area contributed by atoms with Crippen molar-refractivity contribution in [2.45, 2.75) is 64.9 Å². The van der Waals surface area contributed by atoms with E-state index in [0.29, 0.717) is 5.56 Å². The Labute approximate surface area is 264 Å². The summed E-state index contributed by atoms with van der Waals surface area (Å²) in [5.74, 6) is -2.71. The summed E-state index contributed by atoms with van der Waals surface area (Å²) < 4.78 is 74.8. The van der Waals surface area contributed by atoms with Crippen molar-refractivity contribution >= 4 is 21.9 Å². The fourth-order valence-electron chi connectivity index (χ4n) is 4.16. The van der Waals surface area contributed by atoms with Gasteiger partial charge in [0.25, 0.3) is 22.2 Å². The number of nitrogens with zero attached hydrogens (tertiary/aromatic N) is 5. The van der Waals surface area contributed by atoms with Gasteiger partial charge in [0.2, 0.25) is 5.28 Å². The average Bonchev–Trinajstić information content (AvgIpc) is 3.42. The highest BCUT2D eigenvalue weighted by Crippen LogP contribution is 2.33. The van der Waals surface area contributed by atoms with Gasteiger partial charge in [-0.05, 0) is 43.2 Å². The van der Waals surface area contributed by atoms with Crippen LogP contribution >= 0.6 is 0 Å². The highest BCUT2D eigenvalue weighted by atomic mass is 32.2. The number of hydrogen-bond acceptors (Lipinski definition) is 9. The zero-order valence-corrected chi connectivity index (χ0v) is 27.0. The van der Waals surface area contributed by atoms with E-state index in [-0.39, 0.29) is 21.2 Å². The molecule has 0 bridgehead atoms. The number of esters is 1. The number of hydrazine groups is 1. The molecule has 0 saturated heterocycles. The van der Waals surface area contributed by atoms with Crippen LogP contribution in [-0.2, 0) is 35.4 Å². The molecular formula is C29H35F3N6O7S. The number of alkyl halides is 3. The number of sulfonamides is 1. The smallest absolute Gasteiger partial charge is 0.435 e. The van der Waals surface area contributed by atoms with Gasteiger partial charge in [-0.15, -0.1) is 5.01 Å². The van der Waals surface area contributed by atoms with Crippen molar-refractivity contribution in [1.29, 1.82) is 0 Å². The lowest BCUT2D eigenvalue weighted by atomic mass is 10.0. The highest BCUT2D eigenvalue weighted by Gasteiger charge is 2.36. The van der Waals surface area contributed by atoms with E-state index in [1.807, 2.05) is 11.6 Å². The summed E-state index contributed by atoms with van der Waals surface area (Å²) in [6.07, 6.45) is -5.94. The third kappa shape index (κ3) is 8.74. The van der Waals surface area contributed by atoms with Crippen LogP contribution in [0.4, 0.5) is 13.2 Å². The van der Waals surface area contributed by atoms with Gasteiger partial charge in [-0.2, -0.15) is 18.3 Å². The van der Waals surface area contributed by atoms with Crippen LogP contribution in [0.1, 0.15) is 45.9 Å². The zero-order valence-electron chi connectivity index (χ0n) is 26.1. The molecule has 1 unspecified atom stereocenters. The lowest BCUT2D eigenvalue weighted by molar-refractivity contribution is -0.713. The van der Waals surface area contributed by atoms with Crippen LogP contribution in [-0.4, -0.2) is 59.4 Å². The number of ether oxygens (including phenoxy) is 1. The van der Waals surface area contributed by atoms with E-state index in [9.17, 15) is 36.4 Å². The number of amides is 1. The van der Waals surface area contributed by atoms with Gasteiger partial charge in [0.05, 0.1) is 34.2 Å². The molecule has 1 heterocycles. The molecule has 13 nitrogen and oxygen atoms in total. The summed E-state index contributed by atoms with van der Waals surface area (Å²) in [6.45, 7) is 9.49. The van der Waals surface area contributed by atoms with Gasteiger partial charge in [0.1, 0.15) is 0 Å². The van der Waals surface area contributed by atoms with Crippen LogP contribution in [0.25, 0.3) is 16.9 Å². The number of hydrogen-bond donors (Lipinski definition) is 1. The lowest BCUT2D eigenvalue weighted by Crippen LogP contribution is -2.51. The molecule has 0 aliphatic carbocycles. The molecule has 250 valence electrons. The molecule has 1 amide bonds. The van der Waals surface area contributed by atoms with Crippen molar-refractivity contribution in [1.82, 2.24) is 19.5 Å². The van der Waals surface area contributed by atoms with E-state index < -0.39 is 57.9 Å². The molecule has 1 N–H and O–H groups in total. The third-order valence-electron chi connectivity index (χ3n) is 6.57. The van der Waals surface area contributed by atoms with Crippen molar-refractivity contribution < 1.29 is 45.7 Å². The van der Waals surface area contributed by atoms with E-state index >= 15 is 0 Å². The largest absolute Gasteiger partial charge is 0.569 e. The minimum atomic E-state index is -4.73. The first-order valence-electron chi connectivity index (χ1n) is 14.0. The number of likely N-dealkylation sites (N-methyl/N-ethyl adjacent to an activating group) is 1. The van der Waals surface area contributed by atoms with Crippen LogP contribution in [0.5, 0.6) is 0 Å². The SMILES string of the molecule is Cc1ccc(-c2cc(C(F)(F)F)nn2-c2ccc(S(=O)(=O)NC(=O)[C@H](C(C)C)N(C)/[N+]([O-])=N\OC(C)OC(=O)C(C)C)cc2)cc1. The van der Waals surface area contributed by atoms with E-state index in [0.717, 1.165) is 33.5 Å². The molecule has 1 aromatic heterocycles. The highest BCUT2D eigenvalue weighted by molar-refractivity contribution is 7.90. The number of aromatic nitrogens is 2. The Kier molecular flexibility index (Phi) is 11.0. The number of carbonyl (C=O) groups is 2. The number of aryl methyl sites for hydroxylation is 1. The molecule has 0 radical (unpaired) electrons. The summed E-state index contributed by atoms with van der Waals surface area (Å²) in [5.41, 5.74) is 0.484. The first kappa shape index (κ1) is 35.8. The van der Waals surface area contributed by atoms with Gasteiger partial charge in [-0.3, -0.25) is 14.4 Å². The molecule has 3 aromatic rings. The second kappa shape index (κ2) is 14.2. The van der Waals surface area contributed by atoms with E-state index in [4.69, 9.17) is 9.57 Å². The second-order valence-electron chi connectivity index (χ2n) is 11.0. The van der Waals surface area contributed by atoms with E-state index in [1.165, 1.54) is 26.1 Å². The number of carbonyl (C=O) groups excluding carboxylic acids is 2. The van der Waals surface area contributed by atoms with Crippen LogP contribution in [0.2, 0.25) is 0 Å². The Balaban J connectivity index is 1.82. The summed E-state index contributed by atoms with van der Waals surface area (Å²) in [4.78, 5) is 29.2. The monoisotopic (exact) mass is 668 g/mol. The van der Waals surface area contributed by atoms with Crippen molar-refractivity contribution in [3.63, 3.8) is 0 Å². The Morgan fingerprint density at radius 2 is 1.63 bits per heavy atom. The number of benzene rings is 2. The molecule has 0 spiro atoms. The van der Waals surface area contributed by atoms with Crippen LogP contribution in [0.3, 0.4) is 0 Å². The van der Waals surface area contributed by atoms with Crippen LogP contribution < -0.4 is 4.72 Å². The normalized spacial score (nSPS) is 13.8. The fourth-order valence-corrected chi connectivity index (χ4v) is 5.16. The molecule has 2 atom stereocenters. The van der Waals surface area contributed by atoms with Gasteiger partial charge in [0, 0.05) is 12.5 Å². The third-order valence-corrected chi connectivity index (χ3v) is 7.93. The molecular weight excluding hydrogens is 633 g/mol. The standard InChI is InChI=1S/C29H35F3N6O7S/c1-17(2)26(36(7)38(41)35-45-20(6)44-28(40)18(3)4)27(39)34-46(42,43)23-14-12-22(13-15-23)37-24(16-25(33-37)29(30,31)32)21-10-8-19(5)9-11-21/h8-18,20,26H,1-7H3,(H,34,39)/b38-35+/t20?,26-/m0/s1. The number of nitrogens with one attached hydrogen (secondary N) is 1. The quantitative estimate of drug-likeness (QED) is 0.0924. The predicted octanol–water partition coefficient (Wildman–Crippen LogP) is 4.98. The van der Waals surface area contributed by atoms with Crippen molar-refractivity contribution in [2.24, 2.45) is 17.1 Å². The van der Waals surface area contributed by atoms with Gasteiger partial charge in [0.15, 0.2) is 11.7 Å². The number of halogens is 3. The summed E-state index contributed by atoms with van der Waals surface area (Å²) in [6, 6.07) is 11.0. The second-order valence-corrected chi connectivity index (χ2v) is 12.7. The minimum Gasteiger partial charge on any atom is -0.569 e. The molecule has 0 fully saturated rings. The molecule has 3 rings (SSSR count). The Hall–Kier alpha value is -4.67. The Morgan fingerprint density at radius 1 is 1.04 bits per heavy atom. The number of rotatable bonds is 12. The van der Waals surface area contributed by atoms with E-state index in [2.05, 4.69) is 10.4 Å². The molecule has 17 heteroatoms. The topological polar surface area (TPSA) is 158 Å². The van der Waals surface area contributed by atoms with Gasteiger partial charge >= 0.3 is 12.1 Å². The molecule has 46 heavy (non-hydrogen) atoms. The summed E-state index contributed by atoms with van der Waals surface area (Å²) in [7, 11) is -3.32. The van der Waals surface area contributed by atoms with Crippen LogP contribution in [0, 0.1) is 24.0 Å².